The molecule has 0 bridgehead atoms. The molecule has 4 heterocycles. The van der Waals surface area contributed by atoms with Gasteiger partial charge in [-0.05, 0) is 73.4 Å². The highest BCUT2D eigenvalue weighted by Gasteiger charge is 2.33. The SMILES string of the molecule is Cc1ncc(-c2ccc(C(=O)Nc3nc4cc(CNCC5CC5)ccc4n3CC3CCCN3C(=O)C(C#N)=CC(C)(C)C)s2)o1. The molecule has 2 aliphatic rings. The minimum Gasteiger partial charge on any atom is -0.440 e. The smallest absolute Gasteiger partial charge is 0.268 e. The molecule has 1 unspecified atom stereocenters. The van der Waals surface area contributed by atoms with Crippen LogP contribution in [-0.4, -0.2) is 50.4 Å². The molecule has 234 valence electrons. The molecule has 4 aromatic rings. The van der Waals surface area contributed by atoms with Crippen molar-refractivity contribution < 1.29 is 14.0 Å². The normalized spacial score (nSPS) is 17.2. The lowest BCUT2D eigenvalue weighted by Crippen LogP contribution is -2.39. The molecule has 1 aliphatic heterocycles. The van der Waals surface area contributed by atoms with Gasteiger partial charge in [-0.15, -0.1) is 11.3 Å². The maximum Gasteiger partial charge on any atom is 0.268 e. The molecular formula is C34H39N7O3S. The van der Waals surface area contributed by atoms with Gasteiger partial charge in [0.2, 0.25) is 5.95 Å². The second-order valence-electron chi connectivity index (χ2n) is 13.1. The van der Waals surface area contributed by atoms with E-state index in [-0.39, 0.29) is 28.8 Å². The maximum absolute atomic E-state index is 13.5. The monoisotopic (exact) mass is 625 g/mol. The summed E-state index contributed by atoms with van der Waals surface area (Å²) in [7, 11) is 0. The van der Waals surface area contributed by atoms with Gasteiger partial charge in [-0.3, -0.25) is 14.9 Å². The van der Waals surface area contributed by atoms with Crippen LogP contribution >= 0.6 is 11.3 Å². The van der Waals surface area contributed by atoms with Gasteiger partial charge in [0.05, 0.1) is 33.0 Å². The van der Waals surface area contributed by atoms with Gasteiger partial charge in [-0.1, -0.05) is 32.9 Å². The molecule has 10 nitrogen and oxygen atoms in total. The average Bonchev–Trinajstić information content (AvgIpc) is 3.37. The summed E-state index contributed by atoms with van der Waals surface area (Å²) in [4.78, 5) is 39.3. The van der Waals surface area contributed by atoms with Gasteiger partial charge in [0.25, 0.3) is 11.8 Å². The van der Waals surface area contributed by atoms with Gasteiger partial charge in [-0.25, -0.2) is 9.97 Å². The number of fused-ring (bicyclic) bond motifs is 1. The summed E-state index contributed by atoms with van der Waals surface area (Å²) in [5.74, 6) is 1.88. The first-order chi connectivity index (χ1) is 21.6. The van der Waals surface area contributed by atoms with Crippen molar-refractivity contribution in [1.29, 1.82) is 5.26 Å². The fraction of sp³-hybridized carbons (Fsp3) is 0.441. The summed E-state index contributed by atoms with van der Waals surface area (Å²) in [5.41, 5.74) is 2.65. The van der Waals surface area contributed by atoms with Crippen molar-refractivity contribution in [3.63, 3.8) is 0 Å². The standard InChI is InChI=1S/C34H39N7O3S/c1-21-37-19-28(44-21)29-11-12-30(45-29)31(42)39-33-38-26-14-23(18-36-17-22-7-8-22)9-10-27(26)41(33)20-25-6-5-13-40(25)32(43)24(16-35)15-34(2,3)4/h9-12,14-15,19,22,25,36H,5-8,13,17-18,20H2,1-4H3,(H,38,39,42). The van der Waals surface area contributed by atoms with Crippen LogP contribution in [0.15, 0.2) is 52.6 Å². The number of oxazole rings is 1. The number of nitrogens with zero attached hydrogens (tertiary/aromatic N) is 5. The van der Waals surface area contributed by atoms with E-state index < -0.39 is 0 Å². The van der Waals surface area contributed by atoms with Gasteiger partial charge >= 0.3 is 0 Å². The van der Waals surface area contributed by atoms with E-state index in [9.17, 15) is 14.9 Å². The zero-order valence-electron chi connectivity index (χ0n) is 26.2. The quantitative estimate of drug-likeness (QED) is 0.156. The fourth-order valence-corrected chi connectivity index (χ4v) is 6.62. The molecule has 1 saturated carbocycles. The van der Waals surface area contributed by atoms with Crippen LogP contribution in [0.2, 0.25) is 0 Å². The molecule has 0 radical (unpaired) electrons. The van der Waals surface area contributed by atoms with Crippen molar-refractivity contribution >= 4 is 40.1 Å². The summed E-state index contributed by atoms with van der Waals surface area (Å²) in [6.45, 7) is 10.5. The Balaban J connectivity index is 1.28. The molecule has 2 amide bonds. The number of amides is 2. The minimum absolute atomic E-state index is 0.148. The molecule has 1 saturated heterocycles. The van der Waals surface area contributed by atoms with E-state index in [2.05, 4.69) is 33.8 Å². The number of carbonyl (C=O) groups excluding carboxylic acids is 2. The Hall–Kier alpha value is -4.27. The number of aryl methyl sites for hydroxylation is 1. The van der Waals surface area contributed by atoms with Crippen molar-refractivity contribution in [2.75, 3.05) is 18.4 Å². The maximum atomic E-state index is 13.5. The first-order valence-electron chi connectivity index (χ1n) is 15.6. The van der Waals surface area contributed by atoms with E-state index in [1.165, 1.54) is 24.2 Å². The number of anilines is 1. The summed E-state index contributed by atoms with van der Waals surface area (Å²) in [5, 5.41) is 16.4. The van der Waals surface area contributed by atoms with E-state index in [1.807, 2.05) is 37.5 Å². The Morgan fingerprint density at radius 1 is 1.20 bits per heavy atom. The van der Waals surface area contributed by atoms with E-state index >= 15 is 0 Å². The van der Waals surface area contributed by atoms with Crippen molar-refractivity contribution in [3.05, 3.63) is 64.5 Å². The topological polar surface area (TPSA) is 129 Å². The lowest BCUT2D eigenvalue weighted by Gasteiger charge is -2.26. The number of likely N-dealkylation sites (tertiary alicyclic amines) is 1. The van der Waals surface area contributed by atoms with Gasteiger partial charge in [0.1, 0.15) is 11.6 Å². The highest BCUT2D eigenvalue weighted by Crippen LogP contribution is 2.31. The second-order valence-corrected chi connectivity index (χ2v) is 14.2. The lowest BCUT2D eigenvalue weighted by atomic mass is 9.93. The average molecular weight is 626 g/mol. The lowest BCUT2D eigenvalue weighted by molar-refractivity contribution is -0.127. The van der Waals surface area contributed by atoms with E-state index in [0.717, 1.165) is 53.3 Å². The number of aromatic nitrogens is 3. The molecule has 2 N–H and O–H groups in total. The van der Waals surface area contributed by atoms with Crippen molar-refractivity contribution in [3.8, 4) is 16.7 Å². The highest BCUT2D eigenvalue weighted by molar-refractivity contribution is 7.17. The minimum atomic E-state index is -0.299. The Bertz CT molecular complexity index is 1800. The summed E-state index contributed by atoms with van der Waals surface area (Å²) >= 11 is 1.32. The van der Waals surface area contributed by atoms with Crippen LogP contribution in [0.25, 0.3) is 21.7 Å². The molecule has 1 aromatic carbocycles. The van der Waals surface area contributed by atoms with Crippen LogP contribution in [0.1, 0.15) is 67.6 Å². The van der Waals surface area contributed by atoms with Crippen molar-refractivity contribution in [2.24, 2.45) is 11.3 Å². The molecule has 3 aromatic heterocycles. The highest BCUT2D eigenvalue weighted by atomic mass is 32.1. The summed E-state index contributed by atoms with van der Waals surface area (Å²) < 4.78 is 7.64. The van der Waals surface area contributed by atoms with Crippen LogP contribution in [0.3, 0.4) is 0 Å². The molecule has 11 heteroatoms. The number of thiophene rings is 1. The van der Waals surface area contributed by atoms with E-state index in [0.29, 0.717) is 35.6 Å². The van der Waals surface area contributed by atoms with Gasteiger partial charge in [0.15, 0.2) is 11.7 Å². The third-order valence-corrected chi connectivity index (χ3v) is 9.25. The number of hydrogen-bond acceptors (Lipinski definition) is 8. The molecule has 1 atom stereocenters. The Morgan fingerprint density at radius 3 is 2.73 bits per heavy atom. The van der Waals surface area contributed by atoms with Crippen LogP contribution < -0.4 is 10.6 Å². The number of imidazole rings is 1. The van der Waals surface area contributed by atoms with Crippen LogP contribution in [-0.2, 0) is 17.9 Å². The third-order valence-electron chi connectivity index (χ3n) is 8.15. The molecule has 1 aliphatic carbocycles. The van der Waals surface area contributed by atoms with Crippen LogP contribution in [0.4, 0.5) is 5.95 Å². The number of benzene rings is 1. The number of allylic oxidation sites excluding steroid dienone is 1. The number of nitriles is 1. The van der Waals surface area contributed by atoms with Crippen molar-refractivity contribution in [1.82, 2.24) is 24.8 Å². The predicted molar refractivity (Wildman–Crippen MR) is 175 cm³/mol. The van der Waals surface area contributed by atoms with Crippen LogP contribution in [0.5, 0.6) is 0 Å². The Morgan fingerprint density at radius 2 is 2.02 bits per heavy atom. The number of nitrogens with one attached hydrogen (secondary N) is 2. The van der Waals surface area contributed by atoms with Gasteiger partial charge < -0.3 is 19.2 Å². The third kappa shape index (κ3) is 7.18. The zero-order chi connectivity index (χ0) is 31.7. The number of rotatable bonds is 10. The Labute approximate surface area is 267 Å². The molecule has 45 heavy (non-hydrogen) atoms. The first kappa shape index (κ1) is 30.7. The summed E-state index contributed by atoms with van der Waals surface area (Å²) in [6.07, 6.45) is 7.63. The Kier molecular flexibility index (Phi) is 8.62. The van der Waals surface area contributed by atoms with E-state index in [1.54, 1.807) is 30.2 Å². The summed E-state index contributed by atoms with van der Waals surface area (Å²) in [6, 6.07) is 11.8. The molecule has 6 rings (SSSR count). The molecule has 2 fully saturated rings. The van der Waals surface area contributed by atoms with Crippen LogP contribution in [0, 0.1) is 29.6 Å². The zero-order valence-corrected chi connectivity index (χ0v) is 27.0. The largest absolute Gasteiger partial charge is 0.440 e. The van der Waals surface area contributed by atoms with Gasteiger partial charge in [-0.2, -0.15) is 5.26 Å². The number of carbonyl (C=O) groups is 2. The van der Waals surface area contributed by atoms with Gasteiger partial charge in [0, 0.05) is 26.6 Å². The molecular weight excluding hydrogens is 586 g/mol. The number of hydrogen-bond donors (Lipinski definition) is 2. The van der Waals surface area contributed by atoms with Crippen molar-refractivity contribution in [2.45, 2.75) is 72.5 Å². The first-order valence-corrected chi connectivity index (χ1v) is 16.4. The molecule has 0 spiro atoms. The van der Waals surface area contributed by atoms with E-state index in [4.69, 9.17) is 9.40 Å². The fourth-order valence-electron chi connectivity index (χ4n) is 5.77. The second kappa shape index (κ2) is 12.6. The predicted octanol–water partition coefficient (Wildman–Crippen LogP) is 6.30.